The lowest BCUT2D eigenvalue weighted by atomic mass is 10.2. The van der Waals surface area contributed by atoms with Crippen molar-refractivity contribution in [3.63, 3.8) is 0 Å². The van der Waals surface area contributed by atoms with E-state index >= 15 is 0 Å². The molecule has 0 aliphatic heterocycles. The Morgan fingerprint density at radius 2 is 2.08 bits per heavy atom. The molecule has 4 aromatic rings. The van der Waals surface area contributed by atoms with E-state index in [0.29, 0.717) is 40.6 Å². The predicted molar refractivity (Wildman–Crippen MR) is 92.4 cm³/mol. The number of nitriles is 1. The summed E-state index contributed by atoms with van der Waals surface area (Å²) in [7, 11) is 0. The van der Waals surface area contributed by atoms with Crippen molar-refractivity contribution in [1.29, 1.82) is 5.26 Å². The second-order valence-corrected chi connectivity index (χ2v) is 5.39. The van der Waals surface area contributed by atoms with Crippen LogP contribution in [0, 0.1) is 11.3 Å². The number of para-hydroxylation sites is 1. The van der Waals surface area contributed by atoms with Gasteiger partial charge < -0.3 is 9.72 Å². The minimum absolute atomic E-state index is 0.229. The van der Waals surface area contributed by atoms with Gasteiger partial charge in [0.15, 0.2) is 11.2 Å². The molecule has 7 nitrogen and oxygen atoms in total. The first kappa shape index (κ1) is 14.9. The summed E-state index contributed by atoms with van der Waals surface area (Å²) in [6, 6.07) is 12.8. The number of nitrogens with one attached hydrogen (secondary N) is 1. The number of benzene rings is 1. The fourth-order valence-corrected chi connectivity index (χ4v) is 2.73. The van der Waals surface area contributed by atoms with Crippen LogP contribution in [0.3, 0.4) is 0 Å². The molecule has 0 fully saturated rings. The number of nitrogens with zero attached hydrogens (tertiary/aromatic N) is 4. The summed E-state index contributed by atoms with van der Waals surface area (Å²) in [5, 5.41) is 9.10. The second kappa shape index (κ2) is 5.76. The van der Waals surface area contributed by atoms with E-state index in [1.54, 1.807) is 22.7 Å². The summed E-state index contributed by atoms with van der Waals surface area (Å²) in [5.41, 5.74) is 2.00. The van der Waals surface area contributed by atoms with Gasteiger partial charge in [-0.25, -0.2) is 9.97 Å². The number of pyridine rings is 1. The monoisotopic (exact) mass is 331 g/mol. The maximum absolute atomic E-state index is 12.5. The van der Waals surface area contributed by atoms with Gasteiger partial charge in [-0.3, -0.25) is 9.20 Å². The average molecular weight is 331 g/mol. The lowest BCUT2D eigenvalue weighted by Crippen LogP contribution is -2.10. The van der Waals surface area contributed by atoms with Crippen molar-refractivity contribution >= 4 is 16.8 Å². The third kappa shape index (κ3) is 2.40. The molecule has 0 bridgehead atoms. The summed E-state index contributed by atoms with van der Waals surface area (Å²) >= 11 is 0. The fourth-order valence-electron chi connectivity index (χ4n) is 2.73. The van der Waals surface area contributed by atoms with E-state index in [-0.39, 0.29) is 11.1 Å². The molecule has 0 amide bonds. The smallest absolute Gasteiger partial charge is 0.279 e. The van der Waals surface area contributed by atoms with Crippen LogP contribution in [0.15, 0.2) is 47.4 Å². The minimum atomic E-state index is -0.339. The third-order valence-electron chi connectivity index (χ3n) is 3.83. The Balaban J connectivity index is 2.03. The maximum atomic E-state index is 12.5. The normalized spacial score (nSPS) is 10.9. The number of imidazole rings is 1. The zero-order valence-corrected chi connectivity index (χ0v) is 13.4. The van der Waals surface area contributed by atoms with Gasteiger partial charge in [0.1, 0.15) is 23.3 Å². The molecule has 0 radical (unpaired) electrons. The Morgan fingerprint density at radius 3 is 2.88 bits per heavy atom. The first-order valence-electron chi connectivity index (χ1n) is 7.75. The van der Waals surface area contributed by atoms with Crippen LogP contribution < -0.4 is 10.3 Å². The fraction of sp³-hybridized carbons (Fsp3) is 0.111. The highest BCUT2D eigenvalue weighted by Gasteiger charge is 2.15. The lowest BCUT2D eigenvalue weighted by Gasteiger charge is -2.09. The number of H-pyrrole nitrogens is 1. The van der Waals surface area contributed by atoms with Gasteiger partial charge in [0.05, 0.1) is 17.7 Å². The Morgan fingerprint density at radius 1 is 1.24 bits per heavy atom. The third-order valence-corrected chi connectivity index (χ3v) is 3.83. The molecule has 0 saturated heterocycles. The number of hydrogen-bond acceptors (Lipinski definition) is 5. The van der Waals surface area contributed by atoms with Crippen molar-refractivity contribution in [3.05, 3.63) is 58.5 Å². The molecule has 7 heteroatoms. The van der Waals surface area contributed by atoms with E-state index in [0.717, 1.165) is 0 Å². The molecule has 4 rings (SSSR count). The van der Waals surface area contributed by atoms with E-state index in [1.807, 2.05) is 31.2 Å². The molecule has 0 aliphatic rings. The molecule has 0 spiro atoms. The summed E-state index contributed by atoms with van der Waals surface area (Å²) in [6.45, 7) is 2.40. The van der Waals surface area contributed by atoms with Gasteiger partial charge in [-0.05, 0) is 31.2 Å². The highest BCUT2D eigenvalue weighted by Crippen LogP contribution is 2.27. The second-order valence-electron chi connectivity index (χ2n) is 5.39. The van der Waals surface area contributed by atoms with Crippen LogP contribution in [-0.2, 0) is 0 Å². The molecular weight excluding hydrogens is 318 g/mol. The Kier molecular flexibility index (Phi) is 3.43. The van der Waals surface area contributed by atoms with Crippen molar-refractivity contribution in [2.45, 2.75) is 6.92 Å². The first-order chi connectivity index (χ1) is 12.2. The molecular formula is C18H13N5O2. The van der Waals surface area contributed by atoms with E-state index in [9.17, 15) is 4.79 Å². The Hall–Kier alpha value is -3.66. The van der Waals surface area contributed by atoms with Gasteiger partial charge in [0.2, 0.25) is 0 Å². The number of hydrogen-bond donors (Lipinski definition) is 1. The molecule has 3 aromatic heterocycles. The SMILES string of the molecule is CCOc1ccccc1-c1nc2c(nc3ccc(C#N)cn32)c(=O)[nH]1. The summed E-state index contributed by atoms with van der Waals surface area (Å²) < 4.78 is 7.27. The first-order valence-corrected chi connectivity index (χ1v) is 7.75. The minimum Gasteiger partial charge on any atom is -0.493 e. The van der Waals surface area contributed by atoms with Crippen LogP contribution in [0.4, 0.5) is 0 Å². The number of aromatic nitrogens is 4. The zero-order valence-electron chi connectivity index (χ0n) is 13.4. The predicted octanol–water partition coefficient (Wildman–Crippen LogP) is 2.51. The molecule has 1 aromatic carbocycles. The largest absolute Gasteiger partial charge is 0.493 e. The van der Waals surface area contributed by atoms with Gasteiger partial charge >= 0.3 is 0 Å². The number of fused-ring (bicyclic) bond motifs is 3. The molecule has 0 saturated carbocycles. The highest BCUT2D eigenvalue weighted by atomic mass is 16.5. The number of aromatic amines is 1. The van der Waals surface area contributed by atoms with Crippen molar-refractivity contribution in [1.82, 2.24) is 19.4 Å². The summed E-state index contributed by atoms with van der Waals surface area (Å²) in [5.74, 6) is 1.03. The zero-order chi connectivity index (χ0) is 17.4. The van der Waals surface area contributed by atoms with Gasteiger partial charge in [0, 0.05) is 6.20 Å². The molecule has 0 aliphatic carbocycles. The Labute approximate surface area is 142 Å². The van der Waals surface area contributed by atoms with Crippen LogP contribution in [-0.4, -0.2) is 26.0 Å². The number of rotatable bonds is 3. The van der Waals surface area contributed by atoms with Crippen molar-refractivity contribution in [2.75, 3.05) is 6.61 Å². The lowest BCUT2D eigenvalue weighted by molar-refractivity contribution is 0.341. The highest BCUT2D eigenvalue weighted by molar-refractivity contribution is 5.78. The van der Waals surface area contributed by atoms with Crippen LogP contribution >= 0.6 is 0 Å². The average Bonchev–Trinajstić information content (AvgIpc) is 3.01. The molecule has 122 valence electrons. The van der Waals surface area contributed by atoms with Crippen molar-refractivity contribution in [3.8, 4) is 23.2 Å². The van der Waals surface area contributed by atoms with Crippen molar-refractivity contribution in [2.24, 2.45) is 0 Å². The van der Waals surface area contributed by atoms with E-state index in [1.165, 1.54) is 0 Å². The molecule has 1 N–H and O–H groups in total. The van der Waals surface area contributed by atoms with Gasteiger partial charge in [-0.2, -0.15) is 5.26 Å². The van der Waals surface area contributed by atoms with E-state index in [2.05, 4.69) is 21.0 Å². The quantitative estimate of drug-likeness (QED) is 0.622. The summed E-state index contributed by atoms with van der Waals surface area (Å²) in [6.07, 6.45) is 1.62. The van der Waals surface area contributed by atoms with E-state index in [4.69, 9.17) is 10.00 Å². The molecule has 25 heavy (non-hydrogen) atoms. The van der Waals surface area contributed by atoms with Crippen molar-refractivity contribution < 1.29 is 4.74 Å². The van der Waals surface area contributed by atoms with E-state index < -0.39 is 0 Å². The van der Waals surface area contributed by atoms with Gasteiger partial charge in [0.25, 0.3) is 5.56 Å². The Bertz CT molecular complexity index is 1200. The topological polar surface area (TPSA) is 96.1 Å². The molecule has 0 unspecified atom stereocenters. The van der Waals surface area contributed by atoms with Crippen LogP contribution in [0.2, 0.25) is 0 Å². The standard InChI is InChI=1S/C18H13N5O2/c1-2-25-13-6-4-3-5-12(13)16-21-17-15(18(24)22-16)20-14-8-7-11(9-19)10-23(14)17/h3-8,10H,2H2,1H3,(H,21,22,24). The number of ether oxygens (including phenoxy) is 1. The van der Waals surface area contributed by atoms with Crippen LogP contribution in [0.25, 0.3) is 28.2 Å². The van der Waals surface area contributed by atoms with Gasteiger partial charge in [-0.1, -0.05) is 12.1 Å². The summed E-state index contributed by atoms with van der Waals surface area (Å²) in [4.78, 5) is 24.1. The van der Waals surface area contributed by atoms with Gasteiger partial charge in [-0.15, -0.1) is 0 Å². The maximum Gasteiger partial charge on any atom is 0.279 e. The molecule has 3 heterocycles. The van der Waals surface area contributed by atoms with Crippen LogP contribution in [0.1, 0.15) is 12.5 Å². The molecule has 0 atom stereocenters. The van der Waals surface area contributed by atoms with Crippen LogP contribution in [0.5, 0.6) is 5.75 Å².